The number of amides is 1. The Kier molecular flexibility index (Phi) is 6.24. The summed E-state index contributed by atoms with van der Waals surface area (Å²) in [5, 5.41) is 14.5. The number of rotatable bonds is 6. The van der Waals surface area contributed by atoms with Gasteiger partial charge in [0.15, 0.2) is 0 Å². The highest BCUT2D eigenvalue weighted by Gasteiger charge is 2.16. The Balaban J connectivity index is 1.79. The second-order valence-electron chi connectivity index (χ2n) is 5.65. The van der Waals surface area contributed by atoms with Gasteiger partial charge in [-0.2, -0.15) is 11.8 Å². The van der Waals surface area contributed by atoms with Crippen LogP contribution in [-0.4, -0.2) is 28.4 Å². The molecule has 6 heteroatoms. The molecule has 0 bridgehead atoms. The van der Waals surface area contributed by atoms with Crippen molar-refractivity contribution in [3.63, 3.8) is 0 Å². The average molecular weight is 322 g/mol. The molecule has 120 valence electrons. The summed E-state index contributed by atoms with van der Waals surface area (Å²) in [4.78, 5) is 22.5. The number of nitro groups is 1. The number of nitro benzene ring substituents is 1. The third-order valence-electron chi connectivity index (χ3n) is 3.96. The summed E-state index contributed by atoms with van der Waals surface area (Å²) in [6.07, 6.45) is 6.54. The zero-order valence-corrected chi connectivity index (χ0v) is 13.7. The number of nitrogens with zero attached hydrogens (tertiary/aromatic N) is 1. The van der Waals surface area contributed by atoms with Crippen LogP contribution in [0.15, 0.2) is 18.2 Å². The molecule has 1 N–H and O–H groups in total. The number of nitrogens with one attached hydrogen (secondary N) is 1. The van der Waals surface area contributed by atoms with Crippen LogP contribution in [0, 0.1) is 17.0 Å². The third-order valence-corrected chi connectivity index (χ3v) is 5.34. The molecule has 0 aliphatic heterocycles. The van der Waals surface area contributed by atoms with Crippen molar-refractivity contribution in [2.75, 3.05) is 12.3 Å². The number of aryl methyl sites for hydroxylation is 1. The molecule has 1 amide bonds. The van der Waals surface area contributed by atoms with Crippen molar-refractivity contribution < 1.29 is 9.72 Å². The fraction of sp³-hybridized carbons (Fsp3) is 0.562. The molecule has 22 heavy (non-hydrogen) atoms. The predicted molar refractivity (Wildman–Crippen MR) is 89.5 cm³/mol. The van der Waals surface area contributed by atoms with Gasteiger partial charge in [-0.15, -0.1) is 0 Å². The first-order chi connectivity index (χ1) is 10.6. The van der Waals surface area contributed by atoms with Gasteiger partial charge < -0.3 is 5.32 Å². The van der Waals surface area contributed by atoms with Gasteiger partial charge in [0, 0.05) is 34.7 Å². The van der Waals surface area contributed by atoms with Gasteiger partial charge in [-0.3, -0.25) is 14.9 Å². The van der Waals surface area contributed by atoms with Crippen LogP contribution in [0.5, 0.6) is 0 Å². The van der Waals surface area contributed by atoms with Gasteiger partial charge in [-0.25, -0.2) is 0 Å². The molecule has 0 unspecified atom stereocenters. The highest BCUT2D eigenvalue weighted by molar-refractivity contribution is 7.99. The second kappa shape index (κ2) is 8.17. The molecule has 2 rings (SSSR count). The minimum absolute atomic E-state index is 0.00997. The van der Waals surface area contributed by atoms with Crippen LogP contribution in [0.2, 0.25) is 0 Å². The number of carbonyl (C=O) groups is 1. The normalized spacial score (nSPS) is 15.5. The van der Waals surface area contributed by atoms with Crippen LogP contribution in [0.1, 0.15) is 48.0 Å². The van der Waals surface area contributed by atoms with Gasteiger partial charge in [0.05, 0.1) is 4.92 Å². The minimum atomic E-state index is -0.453. The van der Waals surface area contributed by atoms with Gasteiger partial charge in [0.1, 0.15) is 0 Å². The Morgan fingerprint density at radius 2 is 2.09 bits per heavy atom. The average Bonchev–Trinajstić information content (AvgIpc) is 2.52. The Labute approximate surface area is 135 Å². The molecule has 1 aromatic rings. The number of hydrogen-bond donors (Lipinski definition) is 1. The molecule has 0 atom stereocenters. The molecule has 1 aliphatic carbocycles. The van der Waals surface area contributed by atoms with Crippen molar-refractivity contribution in [3.05, 3.63) is 39.4 Å². The molecule has 0 saturated heterocycles. The predicted octanol–water partition coefficient (Wildman–Crippen LogP) is 3.70. The highest BCUT2D eigenvalue weighted by atomic mass is 32.2. The molecular formula is C16H22N2O3S. The Hall–Kier alpha value is -1.56. The van der Waals surface area contributed by atoms with Crippen molar-refractivity contribution >= 4 is 23.4 Å². The quantitative estimate of drug-likeness (QED) is 0.492. The largest absolute Gasteiger partial charge is 0.351 e. The summed E-state index contributed by atoms with van der Waals surface area (Å²) in [5.74, 6) is 0.650. The van der Waals surface area contributed by atoms with Crippen LogP contribution in [-0.2, 0) is 0 Å². The fourth-order valence-corrected chi connectivity index (χ4v) is 3.89. The van der Waals surface area contributed by atoms with E-state index in [-0.39, 0.29) is 11.6 Å². The summed E-state index contributed by atoms with van der Waals surface area (Å²) in [5.41, 5.74) is 0.901. The number of carbonyl (C=O) groups excluding carboxylic acids is 1. The molecular weight excluding hydrogens is 300 g/mol. The maximum absolute atomic E-state index is 12.0. The number of thioether (sulfide) groups is 1. The van der Waals surface area contributed by atoms with Crippen LogP contribution < -0.4 is 5.32 Å². The SMILES string of the molecule is Cc1ccc(C(=O)NCCSC2CCCCC2)cc1[N+](=O)[O-]. The van der Waals surface area contributed by atoms with E-state index >= 15 is 0 Å². The summed E-state index contributed by atoms with van der Waals surface area (Å²) < 4.78 is 0. The maximum Gasteiger partial charge on any atom is 0.273 e. The van der Waals surface area contributed by atoms with Crippen molar-refractivity contribution in [2.24, 2.45) is 0 Å². The third kappa shape index (κ3) is 4.73. The zero-order chi connectivity index (χ0) is 15.9. The fourth-order valence-electron chi connectivity index (χ4n) is 2.67. The molecule has 1 saturated carbocycles. The van der Waals surface area contributed by atoms with Gasteiger partial charge >= 0.3 is 0 Å². The maximum atomic E-state index is 12.0. The molecule has 1 aromatic carbocycles. The molecule has 0 spiro atoms. The van der Waals surface area contributed by atoms with E-state index in [9.17, 15) is 14.9 Å². The summed E-state index contributed by atoms with van der Waals surface area (Å²) in [6.45, 7) is 2.27. The van der Waals surface area contributed by atoms with Crippen molar-refractivity contribution in [1.29, 1.82) is 0 Å². The lowest BCUT2D eigenvalue weighted by Crippen LogP contribution is -2.26. The molecule has 1 aliphatic rings. The smallest absolute Gasteiger partial charge is 0.273 e. The molecule has 5 nitrogen and oxygen atoms in total. The Morgan fingerprint density at radius 3 is 2.77 bits per heavy atom. The van der Waals surface area contributed by atoms with Crippen LogP contribution >= 0.6 is 11.8 Å². The topological polar surface area (TPSA) is 72.2 Å². The van der Waals surface area contributed by atoms with E-state index in [1.807, 2.05) is 11.8 Å². The Morgan fingerprint density at radius 1 is 1.36 bits per heavy atom. The van der Waals surface area contributed by atoms with Gasteiger partial charge in [-0.1, -0.05) is 25.3 Å². The monoisotopic (exact) mass is 322 g/mol. The summed E-state index contributed by atoms with van der Waals surface area (Å²) in [7, 11) is 0. The summed E-state index contributed by atoms with van der Waals surface area (Å²) in [6, 6.07) is 4.59. The first kappa shape index (κ1) is 16.8. The highest BCUT2D eigenvalue weighted by Crippen LogP contribution is 2.27. The van der Waals surface area contributed by atoms with E-state index in [0.29, 0.717) is 17.7 Å². The first-order valence-corrected chi connectivity index (χ1v) is 8.77. The van der Waals surface area contributed by atoms with E-state index in [2.05, 4.69) is 5.32 Å². The van der Waals surface area contributed by atoms with Crippen molar-refractivity contribution in [3.8, 4) is 0 Å². The van der Waals surface area contributed by atoms with Crippen LogP contribution in [0.4, 0.5) is 5.69 Å². The van der Waals surface area contributed by atoms with E-state index in [0.717, 1.165) is 11.0 Å². The first-order valence-electron chi connectivity index (χ1n) is 7.73. The molecule has 0 radical (unpaired) electrons. The van der Waals surface area contributed by atoms with Gasteiger partial charge in [-0.05, 0) is 25.8 Å². The Bertz CT molecular complexity index is 542. The lowest BCUT2D eigenvalue weighted by Gasteiger charge is -2.20. The van der Waals surface area contributed by atoms with Crippen LogP contribution in [0.25, 0.3) is 0 Å². The lowest BCUT2D eigenvalue weighted by atomic mass is 10.0. The molecule has 0 heterocycles. The van der Waals surface area contributed by atoms with Crippen molar-refractivity contribution in [1.82, 2.24) is 5.32 Å². The van der Waals surface area contributed by atoms with E-state index in [1.165, 1.54) is 38.2 Å². The van der Waals surface area contributed by atoms with Gasteiger partial charge in [0.2, 0.25) is 0 Å². The van der Waals surface area contributed by atoms with Crippen molar-refractivity contribution in [2.45, 2.75) is 44.3 Å². The zero-order valence-electron chi connectivity index (χ0n) is 12.8. The van der Waals surface area contributed by atoms with Crippen LogP contribution in [0.3, 0.4) is 0 Å². The summed E-state index contributed by atoms with van der Waals surface area (Å²) >= 11 is 1.92. The van der Waals surface area contributed by atoms with Gasteiger partial charge in [0.25, 0.3) is 11.6 Å². The molecule has 0 aromatic heterocycles. The van der Waals surface area contributed by atoms with E-state index in [4.69, 9.17) is 0 Å². The minimum Gasteiger partial charge on any atom is -0.351 e. The standard InChI is InChI=1S/C16H22N2O3S/c1-12-7-8-13(11-15(12)18(20)21)16(19)17-9-10-22-14-5-3-2-4-6-14/h7-8,11,14H,2-6,9-10H2,1H3,(H,17,19). The van der Waals surface area contributed by atoms with E-state index in [1.54, 1.807) is 19.1 Å². The molecule has 1 fully saturated rings. The lowest BCUT2D eigenvalue weighted by molar-refractivity contribution is -0.385. The van der Waals surface area contributed by atoms with E-state index < -0.39 is 4.92 Å². The number of benzene rings is 1. The second-order valence-corrected chi connectivity index (χ2v) is 7.05. The number of hydrogen-bond acceptors (Lipinski definition) is 4.